The number of benzene rings is 1. The van der Waals surface area contributed by atoms with Crippen LogP contribution in [0.25, 0.3) is 10.9 Å². The maximum atomic E-state index is 11.6. The van der Waals surface area contributed by atoms with Gasteiger partial charge in [-0.05, 0) is 54.9 Å². The van der Waals surface area contributed by atoms with Crippen LogP contribution in [0.3, 0.4) is 0 Å². The molecule has 0 aliphatic rings. The number of halogens is 1. The summed E-state index contributed by atoms with van der Waals surface area (Å²) in [4.78, 5) is 11.6. The average molecular weight is 312 g/mol. The van der Waals surface area contributed by atoms with Gasteiger partial charge in [-0.2, -0.15) is 5.10 Å². The Morgan fingerprint density at radius 2 is 2.17 bits per heavy atom. The Labute approximate surface area is 113 Å². The zero-order valence-corrected chi connectivity index (χ0v) is 12.0. The molecule has 2 rings (SSSR count). The molecule has 2 aromatic rings. The molecule has 6 heteroatoms. The van der Waals surface area contributed by atoms with Crippen molar-refractivity contribution in [1.29, 1.82) is 0 Å². The number of nitrogens with zero attached hydrogens (tertiary/aromatic N) is 1. The largest absolute Gasteiger partial charge is 0.444 e. The van der Waals surface area contributed by atoms with Gasteiger partial charge in [-0.1, -0.05) is 0 Å². The van der Waals surface area contributed by atoms with Gasteiger partial charge in [0.15, 0.2) is 0 Å². The van der Waals surface area contributed by atoms with Crippen molar-refractivity contribution in [2.75, 3.05) is 5.32 Å². The molecular weight excluding hydrogens is 298 g/mol. The normalized spacial score (nSPS) is 11.6. The van der Waals surface area contributed by atoms with Gasteiger partial charge < -0.3 is 4.74 Å². The number of H-pyrrole nitrogens is 1. The second-order valence-electron chi connectivity index (χ2n) is 4.90. The lowest BCUT2D eigenvalue weighted by atomic mass is 10.2. The highest BCUT2D eigenvalue weighted by Gasteiger charge is 2.16. The van der Waals surface area contributed by atoms with Crippen molar-refractivity contribution < 1.29 is 9.53 Å². The molecule has 1 amide bonds. The summed E-state index contributed by atoms with van der Waals surface area (Å²) in [5.74, 6) is 0. The number of aromatic amines is 1. The number of amides is 1. The van der Waals surface area contributed by atoms with Crippen molar-refractivity contribution in [3.63, 3.8) is 0 Å². The minimum Gasteiger partial charge on any atom is -0.444 e. The number of carbonyl (C=O) groups excluding carboxylic acids is 1. The molecule has 0 spiro atoms. The van der Waals surface area contributed by atoms with E-state index in [9.17, 15) is 4.79 Å². The third kappa shape index (κ3) is 3.01. The first-order valence-corrected chi connectivity index (χ1v) is 6.28. The van der Waals surface area contributed by atoms with Gasteiger partial charge in [0.25, 0.3) is 0 Å². The van der Waals surface area contributed by atoms with E-state index in [0.717, 1.165) is 15.5 Å². The van der Waals surface area contributed by atoms with E-state index >= 15 is 0 Å². The molecule has 0 radical (unpaired) electrons. The van der Waals surface area contributed by atoms with Crippen molar-refractivity contribution in [1.82, 2.24) is 10.2 Å². The van der Waals surface area contributed by atoms with Gasteiger partial charge in [-0.25, -0.2) is 4.79 Å². The average Bonchev–Trinajstić information content (AvgIpc) is 2.57. The van der Waals surface area contributed by atoms with Gasteiger partial charge in [-0.15, -0.1) is 0 Å². The van der Waals surface area contributed by atoms with E-state index in [4.69, 9.17) is 4.74 Å². The van der Waals surface area contributed by atoms with Crippen LogP contribution >= 0.6 is 15.9 Å². The molecule has 0 aliphatic carbocycles. The molecule has 0 saturated carbocycles. The van der Waals surface area contributed by atoms with Crippen molar-refractivity contribution in [2.24, 2.45) is 0 Å². The van der Waals surface area contributed by atoms with E-state index in [-0.39, 0.29) is 0 Å². The van der Waals surface area contributed by atoms with Crippen molar-refractivity contribution in [3.8, 4) is 0 Å². The molecule has 0 aliphatic heterocycles. The first kappa shape index (κ1) is 12.9. The van der Waals surface area contributed by atoms with E-state index in [1.807, 2.05) is 26.8 Å². The summed E-state index contributed by atoms with van der Waals surface area (Å²) in [5.41, 5.74) is 0.912. The van der Waals surface area contributed by atoms with Crippen LogP contribution in [0.15, 0.2) is 22.8 Å². The summed E-state index contributed by atoms with van der Waals surface area (Å²) >= 11 is 3.35. The summed E-state index contributed by atoms with van der Waals surface area (Å²) in [6, 6.07) is 5.45. The highest BCUT2D eigenvalue weighted by molar-refractivity contribution is 9.10. The van der Waals surface area contributed by atoms with Crippen molar-refractivity contribution in [3.05, 3.63) is 22.8 Å². The van der Waals surface area contributed by atoms with Crippen molar-refractivity contribution in [2.45, 2.75) is 26.4 Å². The number of hydrogen-bond donors (Lipinski definition) is 2. The van der Waals surface area contributed by atoms with Crippen LogP contribution < -0.4 is 5.32 Å². The molecule has 0 atom stereocenters. The number of aromatic nitrogens is 2. The first-order chi connectivity index (χ1) is 8.35. The summed E-state index contributed by atoms with van der Waals surface area (Å²) in [5, 5.41) is 10.5. The Balaban J connectivity index is 2.15. The van der Waals surface area contributed by atoms with E-state index in [1.165, 1.54) is 0 Å². The van der Waals surface area contributed by atoms with Gasteiger partial charge in [0, 0.05) is 11.1 Å². The van der Waals surface area contributed by atoms with Crippen LogP contribution in [-0.2, 0) is 4.74 Å². The lowest BCUT2D eigenvalue weighted by molar-refractivity contribution is 0.0636. The monoisotopic (exact) mass is 311 g/mol. The number of rotatable bonds is 1. The molecule has 5 nitrogen and oxygen atoms in total. The lowest BCUT2D eigenvalue weighted by Gasteiger charge is -2.19. The molecule has 1 heterocycles. The molecule has 2 N–H and O–H groups in total. The van der Waals surface area contributed by atoms with E-state index in [0.29, 0.717) is 5.69 Å². The number of fused-ring (bicyclic) bond motifs is 1. The van der Waals surface area contributed by atoms with Crippen LogP contribution in [0, 0.1) is 0 Å². The van der Waals surface area contributed by atoms with Crippen LogP contribution in [0.1, 0.15) is 20.8 Å². The molecule has 0 unspecified atom stereocenters. The second kappa shape index (κ2) is 4.61. The van der Waals surface area contributed by atoms with Crippen LogP contribution in [0.4, 0.5) is 10.5 Å². The molecule has 18 heavy (non-hydrogen) atoms. The van der Waals surface area contributed by atoms with E-state index in [2.05, 4.69) is 31.4 Å². The van der Waals surface area contributed by atoms with Crippen molar-refractivity contribution >= 4 is 38.6 Å². The first-order valence-electron chi connectivity index (χ1n) is 5.49. The lowest BCUT2D eigenvalue weighted by Crippen LogP contribution is -2.27. The summed E-state index contributed by atoms with van der Waals surface area (Å²) < 4.78 is 5.99. The standard InChI is InChI=1S/C12H14BrN3O2/c1-12(2,3)18-11(17)14-7-4-5-8-9(6-7)15-16-10(8)13/h4-6H,1-3H3,(H,14,17)(H,15,16). The molecule has 1 aromatic heterocycles. The van der Waals surface area contributed by atoms with E-state index < -0.39 is 11.7 Å². The summed E-state index contributed by atoms with van der Waals surface area (Å²) in [6.07, 6.45) is -0.476. The Kier molecular flexibility index (Phi) is 3.30. The maximum absolute atomic E-state index is 11.6. The Hall–Kier alpha value is -1.56. The highest BCUT2D eigenvalue weighted by atomic mass is 79.9. The summed E-state index contributed by atoms with van der Waals surface area (Å²) in [7, 11) is 0. The molecule has 0 bridgehead atoms. The second-order valence-corrected chi connectivity index (χ2v) is 5.69. The zero-order valence-electron chi connectivity index (χ0n) is 10.4. The predicted octanol–water partition coefficient (Wildman–Crippen LogP) is 3.67. The van der Waals surface area contributed by atoms with Crippen LogP contribution in [0.5, 0.6) is 0 Å². The van der Waals surface area contributed by atoms with Gasteiger partial charge in [0.2, 0.25) is 0 Å². The summed E-state index contributed by atoms with van der Waals surface area (Å²) in [6.45, 7) is 5.46. The molecule has 0 fully saturated rings. The number of hydrogen-bond acceptors (Lipinski definition) is 3. The minimum absolute atomic E-state index is 0.476. The number of carbonyl (C=O) groups is 1. The SMILES string of the molecule is CC(C)(C)OC(=O)Nc1ccc2c(Br)[nH]nc2c1. The topological polar surface area (TPSA) is 67.0 Å². The molecule has 0 saturated heterocycles. The highest BCUT2D eigenvalue weighted by Crippen LogP contribution is 2.24. The Morgan fingerprint density at radius 3 is 2.83 bits per heavy atom. The van der Waals surface area contributed by atoms with Crippen LogP contribution in [0.2, 0.25) is 0 Å². The molecular formula is C12H14BrN3O2. The fraction of sp³-hybridized carbons (Fsp3) is 0.333. The van der Waals surface area contributed by atoms with Crippen LogP contribution in [-0.4, -0.2) is 21.9 Å². The Bertz CT molecular complexity index is 587. The number of nitrogens with one attached hydrogen (secondary N) is 2. The fourth-order valence-corrected chi connectivity index (χ4v) is 1.90. The van der Waals surface area contributed by atoms with Gasteiger partial charge in [0.05, 0.1) is 5.52 Å². The minimum atomic E-state index is -0.510. The number of ether oxygens (including phenoxy) is 1. The quantitative estimate of drug-likeness (QED) is 0.844. The smallest absolute Gasteiger partial charge is 0.412 e. The Morgan fingerprint density at radius 1 is 1.44 bits per heavy atom. The third-order valence-corrected chi connectivity index (χ3v) is 2.76. The van der Waals surface area contributed by atoms with Gasteiger partial charge in [0.1, 0.15) is 10.2 Å². The van der Waals surface area contributed by atoms with Gasteiger partial charge in [-0.3, -0.25) is 10.4 Å². The predicted molar refractivity (Wildman–Crippen MR) is 73.7 cm³/mol. The zero-order chi connectivity index (χ0) is 13.3. The fourth-order valence-electron chi connectivity index (χ4n) is 1.48. The number of anilines is 1. The van der Waals surface area contributed by atoms with E-state index in [1.54, 1.807) is 12.1 Å². The molecule has 1 aromatic carbocycles. The maximum Gasteiger partial charge on any atom is 0.412 e. The third-order valence-electron chi connectivity index (χ3n) is 2.15. The van der Waals surface area contributed by atoms with Gasteiger partial charge >= 0.3 is 6.09 Å². The molecule has 96 valence electrons.